The average Bonchev–Trinajstić information content (AvgIpc) is 2.38. The summed E-state index contributed by atoms with van der Waals surface area (Å²) in [6, 6.07) is 4.37. The molecule has 0 heterocycles. The lowest BCUT2D eigenvalue weighted by Gasteiger charge is -2.15. The van der Waals surface area contributed by atoms with Crippen LogP contribution in [0.2, 0.25) is 0 Å². The van der Waals surface area contributed by atoms with E-state index >= 15 is 0 Å². The highest BCUT2D eigenvalue weighted by Crippen LogP contribution is 2.21. The number of carbonyl (C=O) groups is 1. The van der Waals surface area contributed by atoms with Gasteiger partial charge in [0.25, 0.3) is 0 Å². The number of methoxy groups -OCH3 is 1. The lowest BCUT2D eigenvalue weighted by Crippen LogP contribution is -2.35. The summed E-state index contributed by atoms with van der Waals surface area (Å²) in [4.78, 5) is 11.6. The van der Waals surface area contributed by atoms with E-state index in [0.29, 0.717) is 12.1 Å². The molecule has 0 fully saturated rings. The second kappa shape index (κ2) is 7.53. The van der Waals surface area contributed by atoms with E-state index in [4.69, 9.17) is 4.74 Å². The standard InChI is InChI=1S/C14H19FN2O2/c1-4-7-16-9-14(18)17-10(2)11-5-6-13(19-3)12(15)8-11/h4-6,8,10,16H,1,7,9H2,2-3H3,(H,17,18). The SMILES string of the molecule is C=CCNCC(=O)NC(C)c1ccc(OC)c(F)c1. The largest absolute Gasteiger partial charge is 0.494 e. The Morgan fingerprint density at radius 1 is 1.58 bits per heavy atom. The monoisotopic (exact) mass is 266 g/mol. The van der Waals surface area contributed by atoms with Gasteiger partial charge in [0.2, 0.25) is 5.91 Å². The van der Waals surface area contributed by atoms with Crippen LogP contribution < -0.4 is 15.4 Å². The molecule has 104 valence electrons. The Morgan fingerprint density at radius 3 is 2.89 bits per heavy atom. The number of ether oxygens (including phenoxy) is 1. The van der Waals surface area contributed by atoms with Gasteiger partial charge in [-0.15, -0.1) is 6.58 Å². The minimum atomic E-state index is -0.439. The lowest BCUT2D eigenvalue weighted by atomic mass is 10.1. The van der Waals surface area contributed by atoms with E-state index in [9.17, 15) is 9.18 Å². The lowest BCUT2D eigenvalue weighted by molar-refractivity contribution is -0.120. The Labute approximate surface area is 112 Å². The summed E-state index contributed by atoms with van der Waals surface area (Å²) in [6.45, 7) is 6.11. The van der Waals surface area contributed by atoms with Crippen molar-refractivity contribution in [1.82, 2.24) is 10.6 Å². The Morgan fingerprint density at radius 2 is 2.32 bits per heavy atom. The third-order valence-corrected chi connectivity index (χ3v) is 2.63. The summed E-state index contributed by atoms with van der Waals surface area (Å²) in [7, 11) is 1.41. The summed E-state index contributed by atoms with van der Waals surface area (Å²) in [5.41, 5.74) is 0.690. The molecule has 0 aromatic heterocycles. The van der Waals surface area contributed by atoms with E-state index in [2.05, 4.69) is 17.2 Å². The molecule has 0 aliphatic rings. The van der Waals surface area contributed by atoms with Crippen molar-refractivity contribution in [3.63, 3.8) is 0 Å². The first-order valence-corrected chi connectivity index (χ1v) is 6.03. The third-order valence-electron chi connectivity index (χ3n) is 2.63. The first kappa shape index (κ1) is 15.2. The maximum Gasteiger partial charge on any atom is 0.234 e. The molecule has 0 aliphatic heterocycles. The molecular formula is C14H19FN2O2. The normalized spacial score (nSPS) is 11.7. The van der Waals surface area contributed by atoms with Gasteiger partial charge in [-0.1, -0.05) is 12.1 Å². The quantitative estimate of drug-likeness (QED) is 0.584. The fourth-order valence-corrected chi connectivity index (χ4v) is 1.62. The van der Waals surface area contributed by atoms with Crippen molar-refractivity contribution in [2.75, 3.05) is 20.2 Å². The highest BCUT2D eigenvalue weighted by molar-refractivity contribution is 5.78. The Bertz CT molecular complexity index is 449. The first-order chi connectivity index (χ1) is 9.08. The summed E-state index contributed by atoms with van der Waals surface area (Å²) in [5, 5.41) is 5.67. The van der Waals surface area contributed by atoms with Gasteiger partial charge in [0.05, 0.1) is 19.7 Å². The molecule has 1 atom stereocenters. The molecule has 5 heteroatoms. The molecule has 4 nitrogen and oxygen atoms in total. The number of amides is 1. The van der Waals surface area contributed by atoms with Crippen molar-refractivity contribution in [2.24, 2.45) is 0 Å². The maximum absolute atomic E-state index is 13.5. The van der Waals surface area contributed by atoms with Crippen LogP contribution in [0.15, 0.2) is 30.9 Å². The smallest absolute Gasteiger partial charge is 0.234 e. The predicted molar refractivity (Wildman–Crippen MR) is 72.6 cm³/mol. The zero-order valence-corrected chi connectivity index (χ0v) is 11.2. The van der Waals surface area contributed by atoms with E-state index < -0.39 is 5.82 Å². The number of nitrogens with one attached hydrogen (secondary N) is 2. The zero-order valence-electron chi connectivity index (χ0n) is 11.2. The molecule has 0 saturated carbocycles. The van der Waals surface area contributed by atoms with E-state index in [1.165, 1.54) is 13.2 Å². The molecule has 1 aromatic rings. The first-order valence-electron chi connectivity index (χ1n) is 6.03. The van der Waals surface area contributed by atoms with Gasteiger partial charge in [-0.2, -0.15) is 0 Å². The van der Waals surface area contributed by atoms with E-state index in [1.807, 2.05) is 0 Å². The van der Waals surface area contributed by atoms with Crippen molar-refractivity contribution >= 4 is 5.91 Å². The van der Waals surface area contributed by atoms with Crippen molar-refractivity contribution < 1.29 is 13.9 Å². The molecule has 0 aliphatic carbocycles. The molecule has 1 rings (SSSR count). The van der Waals surface area contributed by atoms with Gasteiger partial charge in [0.15, 0.2) is 11.6 Å². The fraction of sp³-hybridized carbons (Fsp3) is 0.357. The molecular weight excluding hydrogens is 247 g/mol. The van der Waals surface area contributed by atoms with Gasteiger partial charge < -0.3 is 15.4 Å². The minimum Gasteiger partial charge on any atom is -0.494 e. The number of hydrogen-bond acceptors (Lipinski definition) is 3. The van der Waals surface area contributed by atoms with Crippen LogP contribution in [0.5, 0.6) is 5.75 Å². The average molecular weight is 266 g/mol. The van der Waals surface area contributed by atoms with E-state index in [-0.39, 0.29) is 24.2 Å². The van der Waals surface area contributed by atoms with Gasteiger partial charge >= 0.3 is 0 Å². The van der Waals surface area contributed by atoms with Crippen LogP contribution >= 0.6 is 0 Å². The highest BCUT2D eigenvalue weighted by Gasteiger charge is 2.11. The topological polar surface area (TPSA) is 50.4 Å². The molecule has 19 heavy (non-hydrogen) atoms. The van der Waals surface area contributed by atoms with Crippen LogP contribution in [0, 0.1) is 5.82 Å². The molecule has 1 aromatic carbocycles. The minimum absolute atomic E-state index is 0.148. The molecule has 0 spiro atoms. The Hall–Kier alpha value is -1.88. The second-order valence-electron chi connectivity index (χ2n) is 4.10. The molecule has 0 saturated heterocycles. The number of hydrogen-bond donors (Lipinski definition) is 2. The van der Waals surface area contributed by atoms with Crippen molar-refractivity contribution in [2.45, 2.75) is 13.0 Å². The van der Waals surface area contributed by atoms with Gasteiger partial charge in [-0.05, 0) is 24.6 Å². The summed E-state index contributed by atoms with van der Waals surface area (Å²) in [6.07, 6.45) is 1.68. The van der Waals surface area contributed by atoms with Crippen molar-refractivity contribution in [3.8, 4) is 5.75 Å². The number of rotatable bonds is 7. The van der Waals surface area contributed by atoms with Crippen LogP contribution in [0.4, 0.5) is 4.39 Å². The summed E-state index contributed by atoms with van der Waals surface area (Å²) >= 11 is 0. The van der Waals surface area contributed by atoms with Crippen LogP contribution in [-0.2, 0) is 4.79 Å². The van der Waals surface area contributed by atoms with Crippen LogP contribution in [0.1, 0.15) is 18.5 Å². The van der Waals surface area contributed by atoms with Crippen molar-refractivity contribution in [3.05, 3.63) is 42.2 Å². The second-order valence-corrected chi connectivity index (χ2v) is 4.10. The summed E-state index contributed by atoms with van der Waals surface area (Å²) in [5.74, 6) is -0.397. The van der Waals surface area contributed by atoms with Gasteiger partial charge in [-0.3, -0.25) is 4.79 Å². The Kier molecular flexibility index (Phi) is 6.02. The van der Waals surface area contributed by atoms with Gasteiger partial charge in [0.1, 0.15) is 0 Å². The van der Waals surface area contributed by atoms with Gasteiger partial charge in [-0.25, -0.2) is 4.39 Å². The van der Waals surface area contributed by atoms with Crippen LogP contribution in [0.3, 0.4) is 0 Å². The van der Waals surface area contributed by atoms with Crippen molar-refractivity contribution in [1.29, 1.82) is 0 Å². The molecule has 1 amide bonds. The van der Waals surface area contributed by atoms with Gasteiger partial charge in [0, 0.05) is 6.54 Å². The zero-order chi connectivity index (χ0) is 14.3. The van der Waals surface area contributed by atoms with E-state index in [1.54, 1.807) is 25.1 Å². The van der Waals surface area contributed by atoms with Crippen LogP contribution in [0.25, 0.3) is 0 Å². The maximum atomic E-state index is 13.5. The number of carbonyl (C=O) groups excluding carboxylic acids is 1. The third kappa shape index (κ3) is 4.71. The summed E-state index contributed by atoms with van der Waals surface area (Å²) < 4.78 is 18.4. The fourth-order valence-electron chi connectivity index (χ4n) is 1.62. The van der Waals surface area contributed by atoms with E-state index in [0.717, 1.165) is 0 Å². The Balaban J connectivity index is 2.57. The molecule has 0 bridgehead atoms. The number of benzene rings is 1. The molecule has 0 radical (unpaired) electrons. The molecule has 2 N–H and O–H groups in total. The number of halogens is 1. The highest BCUT2D eigenvalue weighted by atomic mass is 19.1. The predicted octanol–water partition coefficient (Wildman–Crippen LogP) is 1.79. The van der Waals surface area contributed by atoms with Crippen LogP contribution in [-0.4, -0.2) is 26.1 Å². The molecule has 1 unspecified atom stereocenters.